The third-order valence-corrected chi connectivity index (χ3v) is 1.66. The Morgan fingerprint density at radius 1 is 1.36 bits per heavy atom. The number of allylic oxidation sites excluding steroid dienone is 1. The number of nitrogen functional groups attached to an aromatic ring is 1. The van der Waals surface area contributed by atoms with Crippen LogP contribution in [0.25, 0.3) is 0 Å². The van der Waals surface area contributed by atoms with Crippen molar-refractivity contribution in [2.45, 2.75) is 0 Å². The lowest BCUT2D eigenvalue weighted by atomic mass is 10.1. The molecule has 0 aromatic heterocycles. The van der Waals surface area contributed by atoms with Crippen LogP contribution >= 0.6 is 0 Å². The van der Waals surface area contributed by atoms with Crippen molar-refractivity contribution in [3.63, 3.8) is 0 Å². The van der Waals surface area contributed by atoms with Crippen LogP contribution < -0.4 is 5.73 Å². The molecule has 0 aliphatic rings. The van der Waals surface area contributed by atoms with Gasteiger partial charge in [-0.25, -0.2) is 0 Å². The van der Waals surface area contributed by atoms with Gasteiger partial charge in [0.1, 0.15) is 0 Å². The molecule has 0 saturated carbocycles. The molecule has 0 atom stereocenters. The fourth-order valence-corrected chi connectivity index (χ4v) is 0.884. The minimum absolute atomic E-state index is 0.209. The summed E-state index contributed by atoms with van der Waals surface area (Å²) in [6.45, 7) is 3.07. The summed E-state index contributed by atoms with van der Waals surface area (Å²) in [5, 5.41) is 10.2. The Balaban J connectivity index is 2.96. The van der Waals surface area contributed by atoms with Crippen molar-refractivity contribution in [2.24, 2.45) is 0 Å². The van der Waals surface area contributed by atoms with Crippen LogP contribution in [0.1, 0.15) is 10.4 Å². The molecule has 0 unspecified atom stereocenters. The molecule has 5 heteroatoms. The van der Waals surface area contributed by atoms with Crippen LogP contribution in [-0.4, -0.2) is 10.7 Å². The maximum absolute atomic E-state index is 11.3. The van der Waals surface area contributed by atoms with E-state index < -0.39 is 16.4 Å². The lowest BCUT2D eigenvalue weighted by Crippen LogP contribution is -2.10. The van der Waals surface area contributed by atoms with E-state index in [2.05, 4.69) is 6.58 Å². The monoisotopic (exact) mass is 192 g/mol. The smallest absolute Gasteiger partial charge is 0.309 e. The Bertz CT molecular complexity index is 395. The van der Waals surface area contributed by atoms with Crippen LogP contribution in [0.5, 0.6) is 0 Å². The minimum atomic E-state index is -0.807. The number of hydrogen-bond acceptors (Lipinski definition) is 4. The van der Waals surface area contributed by atoms with Gasteiger partial charge in [0.2, 0.25) is 0 Å². The van der Waals surface area contributed by atoms with Crippen molar-refractivity contribution in [2.75, 3.05) is 5.73 Å². The maximum Gasteiger partial charge on any atom is 0.309 e. The Morgan fingerprint density at radius 3 is 2.29 bits per heavy atom. The highest BCUT2D eigenvalue weighted by molar-refractivity contribution is 6.06. The highest BCUT2D eigenvalue weighted by Gasteiger charge is 2.19. The molecule has 1 aromatic carbocycles. The molecule has 5 nitrogen and oxygen atoms in total. The molecule has 0 aliphatic carbocycles. The van der Waals surface area contributed by atoms with E-state index in [0.717, 1.165) is 0 Å². The number of anilines is 1. The first-order chi connectivity index (χ1) is 6.52. The van der Waals surface area contributed by atoms with Crippen molar-refractivity contribution in [3.8, 4) is 0 Å². The van der Waals surface area contributed by atoms with Gasteiger partial charge >= 0.3 is 5.70 Å². The van der Waals surface area contributed by atoms with Crippen LogP contribution in [0.4, 0.5) is 5.69 Å². The lowest BCUT2D eigenvalue weighted by Gasteiger charge is -1.97. The van der Waals surface area contributed by atoms with E-state index in [1.54, 1.807) is 0 Å². The van der Waals surface area contributed by atoms with Gasteiger partial charge in [-0.3, -0.25) is 14.9 Å². The number of ketones is 1. The number of rotatable bonds is 3. The molecule has 0 aliphatic heterocycles. The van der Waals surface area contributed by atoms with Gasteiger partial charge in [-0.05, 0) is 30.8 Å². The number of nitrogens with two attached hydrogens (primary N) is 1. The summed E-state index contributed by atoms with van der Waals surface area (Å²) < 4.78 is 0. The van der Waals surface area contributed by atoms with Crippen LogP contribution in [0.2, 0.25) is 0 Å². The fraction of sp³-hybridized carbons (Fsp3) is 0. The zero-order valence-corrected chi connectivity index (χ0v) is 7.27. The number of carbonyl (C=O) groups is 1. The molecule has 1 rings (SSSR count). The number of carbonyl (C=O) groups excluding carboxylic acids is 1. The molecule has 0 amide bonds. The standard InChI is InChI=1S/C9H8N2O3/c1-6(11(13)14)9(12)7-2-4-8(10)5-3-7/h2-5H,1,10H2. The van der Waals surface area contributed by atoms with Crippen LogP contribution in [0.15, 0.2) is 36.5 Å². The third-order valence-electron chi connectivity index (χ3n) is 1.66. The molecule has 0 saturated heterocycles. The molecular weight excluding hydrogens is 184 g/mol. The first-order valence-corrected chi connectivity index (χ1v) is 3.76. The fourth-order valence-electron chi connectivity index (χ4n) is 0.884. The average molecular weight is 192 g/mol. The predicted molar refractivity (Wildman–Crippen MR) is 51.3 cm³/mol. The second-order valence-corrected chi connectivity index (χ2v) is 2.65. The molecular formula is C9H8N2O3. The zero-order valence-electron chi connectivity index (χ0n) is 7.27. The van der Waals surface area contributed by atoms with Gasteiger partial charge in [0, 0.05) is 11.3 Å². The summed E-state index contributed by atoms with van der Waals surface area (Å²) in [6.07, 6.45) is 0. The molecule has 72 valence electrons. The molecule has 0 spiro atoms. The highest BCUT2D eigenvalue weighted by Crippen LogP contribution is 2.10. The molecule has 0 heterocycles. The van der Waals surface area contributed by atoms with E-state index in [0.29, 0.717) is 5.69 Å². The summed E-state index contributed by atoms with van der Waals surface area (Å²) in [6, 6.07) is 5.85. The summed E-state index contributed by atoms with van der Waals surface area (Å²) in [4.78, 5) is 20.8. The van der Waals surface area contributed by atoms with Crippen LogP contribution in [0.3, 0.4) is 0 Å². The van der Waals surface area contributed by atoms with Gasteiger partial charge in [0.15, 0.2) is 0 Å². The van der Waals surface area contributed by atoms with Gasteiger partial charge in [-0.1, -0.05) is 0 Å². The largest absolute Gasteiger partial charge is 0.399 e. The van der Waals surface area contributed by atoms with Crippen molar-refractivity contribution < 1.29 is 9.72 Å². The van der Waals surface area contributed by atoms with Gasteiger partial charge < -0.3 is 5.73 Å². The Kier molecular flexibility index (Phi) is 2.62. The molecule has 2 N–H and O–H groups in total. The van der Waals surface area contributed by atoms with Crippen LogP contribution in [0, 0.1) is 10.1 Å². The predicted octanol–water partition coefficient (Wildman–Crippen LogP) is 1.24. The average Bonchev–Trinajstić information content (AvgIpc) is 2.16. The van der Waals surface area contributed by atoms with Crippen molar-refractivity contribution in [1.82, 2.24) is 0 Å². The highest BCUT2D eigenvalue weighted by atomic mass is 16.6. The van der Waals surface area contributed by atoms with E-state index in [4.69, 9.17) is 5.73 Å². The number of hydrogen-bond donors (Lipinski definition) is 1. The number of nitro groups is 1. The van der Waals surface area contributed by atoms with Gasteiger partial charge in [0.05, 0.1) is 4.92 Å². The second kappa shape index (κ2) is 3.69. The van der Waals surface area contributed by atoms with E-state index >= 15 is 0 Å². The van der Waals surface area contributed by atoms with Gasteiger partial charge in [-0.2, -0.15) is 0 Å². The lowest BCUT2D eigenvalue weighted by molar-refractivity contribution is -0.416. The molecule has 0 bridgehead atoms. The van der Waals surface area contributed by atoms with E-state index in [1.807, 2.05) is 0 Å². The number of benzene rings is 1. The van der Waals surface area contributed by atoms with Gasteiger partial charge in [0.25, 0.3) is 5.78 Å². The van der Waals surface area contributed by atoms with Crippen LogP contribution in [-0.2, 0) is 0 Å². The first kappa shape index (κ1) is 9.91. The molecule has 14 heavy (non-hydrogen) atoms. The molecule has 0 radical (unpaired) electrons. The Hall–Kier alpha value is -2.17. The summed E-state index contributed by atoms with van der Waals surface area (Å²) in [5.74, 6) is -0.699. The Labute approximate surface area is 80.0 Å². The SMILES string of the molecule is C=C(C(=O)c1ccc(N)cc1)[N+](=O)[O-]. The normalized spacial score (nSPS) is 9.43. The minimum Gasteiger partial charge on any atom is -0.399 e. The molecule has 0 fully saturated rings. The first-order valence-electron chi connectivity index (χ1n) is 3.76. The van der Waals surface area contributed by atoms with Crippen molar-refractivity contribution in [3.05, 3.63) is 52.2 Å². The van der Waals surface area contributed by atoms with Crippen molar-refractivity contribution >= 4 is 11.5 Å². The van der Waals surface area contributed by atoms with Crippen molar-refractivity contribution in [1.29, 1.82) is 0 Å². The van der Waals surface area contributed by atoms with E-state index in [1.165, 1.54) is 24.3 Å². The molecule has 1 aromatic rings. The topological polar surface area (TPSA) is 86.2 Å². The van der Waals surface area contributed by atoms with E-state index in [-0.39, 0.29) is 5.56 Å². The summed E-state index contributed by atoms with van der Waals surface area (Å²) >= 11 is 0. The third kappa shape index (κ3) is 1.95. The maximum atomic E-state index is 11.3. The summed E-state index contributed by atoms with van der Waals surface area (Å²) in [7, 11) is 0. The zero-order chi connectivity index (χ0) is 10.7. The second-order valence-electron chi connectivity index (χ2n) is 2.65. The quantitative estimate of drug-likeness (QED) is 0.256. The Morgan fingerprint density at radius 2 is 1.86 bits per heavy atom. The number of nitrogens with zero attached hydrogens (tertiary/aromatic N) is 1. The summed E-state index contributed by atoms with van der Waals surface area (Å²) in [5.41, 5.74) is 5.45. The van der Waals surface area contributed by atoms with E-state index in [9.17, 15) is 14.9 Å². The number of Topliss-reactive ketones (excluding diaryl/α,β-unsaturated/α-hetero) is 1. The van der Waals surface area contributed by atoms with Gasteiger partial charge in [-0.15, -0.1) is 0 Å².